The maximum Gasteiger partial charge on any atom is 0.200 e. The first-order valence-electron chi connectivity index (χ1n) is 8.44. The highest BCUT2D eigenvalue weighted by Crippen LogP contribution is 2.44. The van der Waals surface area contributed by atoms with Crippen molar-refractivity contribution < 1.29 is 19.0 Å². The summed E-state index contributed by atoms with van der Waals surface area (Å²) in [6.07, 6.45) is 0. The van der Waals surface area contributed by atoms with Crippen LogP contribution in [-0.2, 0) is 0 Å². The van der Waals surface area contributed by atoms with Gasteiger partial charge in [-0.25, -0.2) is 0 Å². The second-order valence-electron chi connectivity index (χ2n) is 5.72. The highest BCUT2D eigenvalue weighted by Gasteiger charge is 2.29. The van der Waals surface area contributed by atoms with Gasteiger partial charge in [0.2, 0.25) is 5.52 Å². The number of hydrogen-bond donors (Lipinski definition) is 0. The summed E-state index contributed by atoms with van der Waals surface area (Å²) >= 11 is 0. The van der Waals surface area contributed by atoms with Crippen LogP contribution in [-0.4, -0.2) is 26.9 Å². The Labute approximate surface area is 160 Å². The summed E-state index contributed by atoms with van der Waals surface area (Å²) < 4.78 is 16.3. The first-order valence-corrected chi connectivity index (χ1v) is 9.78. The van der Waals surface area contributed by atoms with Crippen molar-refractivity contribution in [3.8, 4) is 17.2 Å². The van der Waals surface area contributed by atoms with Crippen molar-refractivity contribution in [1.82, 2.24) is 0 Å². The molecule has 0 N–H and O–H groups in total. The first kappa shape index (κ1) is 18.9. The monoisotopic (exact) mass is 380 g/mol. The third-order valence-corrected chi connectivity index (χ3v) is 6.42. The van der Waals surface area contributed by atoms with Crippen LogP contribution in [0.4, 0.5) is 0 Å². The Morgan fingerprint density at radius 3 is 1.52 bits per heavy atom. The molecule has 3 rings (SSSR count). The smallest absolute Gasteiger partial charge is 0.200 e. The Balaban J connectivity index is 2.18. The predicted molar refractivity (Wildman–Crippen MR) is 110 cm³/mol. The zero-order valence-electron chi connectivity index (χ0n) is 15.5. The summed E-state index contributed by atoms with van der Waals surface area (Å²) in [6.45, 7) is 0. The Morgan fingerprint density at radius 1 is 0.704 bits per heavy atom. The summed E-state index contributed by atoms with van der Waals surface area (Å²) in [5.74, 6) is 1.45. The maximum absolute atomic E-state index is 13.7. The largest absolute Gasteiger partial charge is 0.496 e. The van der Waals surface area contributed by atoms with Crippen LogP contribution in [0.1, 0.15) is 10.4 Å². The Bertz CT molecular complexity index is 846. The molecule has 0 aliphatic heterocycles. The summed E-state index contributed by atoms with van der Waals surface area (Å²) in [5, 5.41) is 1.95. The number of benzene rings is 3. The lowest BCUT2D eigenvalue weighted by molar-refractivity contribution is 0.107. The normalized spacial score (nSPS) is 10.5. The molecule has 0 unspecified atom stereocenters. The maximum atomic E-state index is 13.7. The van der Waals surface area contributed by atoms with E-state index in [0.717, 1.165) is 10.6 Å². The van der Waals surface area contributed by atoms with Gasteiger partial charge in [-0.2, -0.15) is 0 Å². The van der Waals surface area contributed by atoms with Crippen LogP contribution in [0.5, 0.6) is 17.2 Å². The molecular weight excluding hydrogens is 359 g/mol. The molecule has 0 spiro atoms. The highest BCUT2D eigenvalue weighted by molar-refractivity contribution is 7.88. The van der Waals surface area contributed by atoms with Crippen molar-refractivity contribution in [3.63, 3.8) is 0 Å². The van der Waals surface area contributed by atoms with Gasteiger partial charge in [-0.15, -0.1) is 0 Å². The lowest BCUT2D eigenvalue weighted by Crippen LogP contribution is -2.19. The zero-order chi connectivity index (χ0) is 19.2. The number of methoxy groups -OCH3 is 3. The van der Waals surface area contributed by atoms with Gasteiger partial charge in [-0.1, -0.05) is 60.7 Å². The van der Waals surface area contributed by atoms with E-state index < -0.39 is 7.92 Å². The third kappa shape index (κ3) is 3.96. The van der Waals surface area contributed by atoms with Crippen LogP contribution in [0.3, 0.4) is 0 Å². The Morgan fingerprint density at radius 2 is 1.15 bits per heavy atom. The summed E-state index contributed by atoms with van der Waals surface area (Å²) in [7, 11) is 3.36. The summed E-state index contributed by atoms with van der Waals surface area (Å²) in [5.41, 5.74) is 0.401. The number of ether oxygens (including phenoxy) is 3. The van der Waals surface area contributed by atoms with E-state index in [-0.39, 0.29) is 5.52 Å². The molecule has 5 heteroatoms. The second kappa shape index (κ2) is 8.70. The lowest BCUT2D eigenvalue weighted by atomic mass is 10.2. The minimum atomic E-state index is -1.29. The van der Waals surface area contributed by atoms with Crippen molar-refractivity contribution in [2.75, 3.05) is 21.3 Å². The van der Waals surface area contributed by atoms with E-state index in [0.29, 0.717) is 22.8 Å². The molecule has 138 valence electrons. The molecule has 3 aromatic carbocycles. The van der Waals surface area contributed by atoms with Gasteiger partial charge in [0.15, 0.2) is 0 Å². The summed E-state index contributed by atoms with van der Waals surface area (Å²) in [4.78, 5) is 13.7. The summed E-state index contributed by atoms with van der Waals surface area (Å²) in [6, 6.07) is 23.0. The van der Waals surface area contributed by atoms with Crippen molar-refractivity contribution in [2.24, 2.45) is 0 Å². The fraction of sp³-hybridized carbons (Fsp3) is 0.136. The fourth-order valence-corrected chi connectivity index (χ4v) is 5.02. The molecule has 0 saturated carbocycles. The van der Waals surface area contributed by atoms with Crippen LogP contribution < -0.4 is 24.8 Å². The molecule has 0 heterocycles. The third-order valence-electron chi connectivity index (χ3n) is 4.16. The van der Waals surface area contributed by atoms with Crippen LogP contribution >= 0.6 is 7.92 Å². The number of carbonyl (C=O) groups excluding carboxylic acids is 1. The molecule has 27 heavy (non-hydrogen) atoms. The molecule has 0 fully saturated rings. The van der Waals surface area contributed by atoms with Gasteiger partial charge in [-0.05, 0) is 10.6 Å². The van der Waals surface area contributed by atoms with Gasteiger partial charge in [0.25, 0.3) is 0 Å². The number of hydrogen-bond acceptors (Lipinski definition) is 4. The van der Waals surface area contributed by atoms with E-state index in [1.807, 2.05) is 60.7 Å². The topological polar surface area (TPSA) is 44.8 Å². The first-order chi connectivity index (χ1) is 13.2. The van der Waals surface area contributed by atoms with E-state index >= 15 is 0 Å². The number of carbonyl (C=O) groups is 1. The van der Waals surface area contributed by atoms with Crippen molar-refractivity contribution in [3.05, 3.63) is 78.4 Å². The van der Waals surface area contributed by atoms with Gasteiger partial charge in [0, 0.05) is 20.1 Å². The van der Waals surface area contributed by atoms with Gasteiger partial charge >= 0.3 is 0 Å². The Kier molecular flexibility index (Phi) is 6.10. The SMILES string of the molecule is COc1cc(OC)c(C(=O)P(c2ccccc2)c2ccccc2)c(OC)c1. The van der Waals surface area contributed by atoms with E-state index in [4.69, 9.17) is 14.2 Å². The van der Waals surface area contributed by atoms with Crippen LogP contribution in [0.15, 0.2) is 72.8 Å². The van der Waals surface area contributed by atoms with Gasteiger partial charge < -0.3 is 14.2 Å². The average Bonchev–Trinajstić information content (AvgIpc) is 2.74. The molecule has 0 aromatic heterocycles. The van der Waals surface area contributed by atoms with Crippen molar-refractivity contribution in [2.45, 2.75) is 0 Å². The molecule has 0 aliphatic rings. The van der Waals surface area contributed by atoms with Gasteiger partial charge in [-0.3, -0.25) is 4.79 Å². The molecular formula is C22H21O4P. The Hall–Kier alpha value is -2.84. The van der Waals surface area contributed by atoms with Crippen LogP contribution in [0.2, 0.25) is 0 Å². The quantitative estimate of drug-likeness (QED) is 0.582. The van der Waals surface area contributed by atoms with Gasteiger partial charge in [0.1, 0.15) is 22.8 Å². The fourth-order valence-electron chi connectivity index (χ4n) is 2.87. The van der Waals surface area contributed by atoms with Crippen molar-refractivity contribution >= 4 is 24.1 Å². The molecule has 0 radical (unpaired) electrons. The van der Waals surface area contributed by atoms with Gasteiger partial charge in [0.05, 0.1) is 21.3 Å². The molecule has 0 bridgehead atoms. The second-order valence-corrected chi connectivity index (χ2v) is 7.83. The number of rotatable bonds is 7. The molecule has 0 aliphatic carbocycles. The standard InChI is InChI=1S/C22H21O4P/c1-24-16-14-19(25-2)21(20(15-16)26-3)22(23)27(17-10-6-4-7-11-17)18-12-8-5-9-13-18/h4-15H,1-3H3. The predicted octanol–water partition coefficient (Wildman–Crippen LogP) is 3.99. The average molecular weight is 380 g/mol. The van der Waals surface area contributed by atoms with E-state index in [1.54, 1.807) is 19.2 Å². The molecule has 0 saturated heterocycles. The lowest BCUT2D eigenvalue weighted by Gasteiger charge is -2.20. The van der Waals surface area contributed by atoms with E-state index in [2.05, 4.69) is 0 Å². The van der Waals surface area contributed by atoms with Crippen molar-refractivity contribution in [1.29, 1.82) is 0 Å². The minimum absolute atomic E-state index is 0.0289. The molecule has 0 amide bonds. The highest BCUT2D eigenvalue weighted by atomic mass is 31.1. The molecule has 0 atom stereocenters. The minimum Gasteiger partial charge on any atom is -0.496 e. The van der Waals surface area contributed by atoms with E-state index in [1.165, 1.54) is 14.2 Å². The molecule has 4 nitrogen and oxygen atoms in total. The van der Waals surface area contributed by atoms with Crippen LogP contribution in [0.25, 0.3) is 0 Å². The van der Waals surface area contributed by atoms with Crippen LogP contribution in [0, 0.1) is 0 Å². The molecule has 3 aromatic rings. The zero-order valence-corrected chi connectivity index (χ0v) is 16.4. The van der Waals surface area contributed by atoms with E-state index in [9.17, 15) is 4.79 Å².